The van der Waals surface area contributed by atoms with Crippen LogP contribution in [0.1, 0.15) is 26.2 Å². The number of carbonyl (C=O) groups excluding carboxylic acids is 1. The van der Waals surface area contributed by atoms with Gasteiger partial charge in [-0.2, -0.15) is 0 Å². The molecule has 12 heavy (non-hydrogen) atoms. The lowest BCUT2D eigenvalue weighted by Crippen LogP contribution is -2.16. The molecular formula is C9H13FO2. The molecule has 0 aromatic heterocycles. The van der Waals surface area contributed by atoms with Crippen molar-refractivity contribution in [3.05, 3.63) is 0 Å². The van der Waals surface area contributed by atoms with Gasteiger partial charge in [0.25, 0.3) is 0 Å². The average molecular weight is 172 g/mol. The summed E-state index contributed by atoms with van der Waals surface area (Å²) in [5.41, 5.74) is 0. The van der Waals surface area contributed by atoms with Crippen LogP contribution >= 0.6 is 0 Å². The monoisotopic (exact) mass is 172 g/mol. The highest BCUT2D eigenvalue weighted by Crippen LogP contribution is 2.44. The summed E-state index contributed by atoms with van der Waals surface area (Å²) in [6, 6.07) is 0. The van der Waals surface area contributed by atoms with Crippen LogP contribution in [-0.4, -0.2) is 18.2 Å². The van der Waals surface area contributed by atoms with Crippen LogP contribution in [0, 0.1) is 11.8 Å². The van der Waals surface area contributed by atoms with Crippen LogP contribution in [-0.2, 0) is 9.53 Å². The third kappa shape index (κ3) is 1.03. The van der Waals surface area contributed by atoms with Gasteiger partial charge in [0.15, 0.2) is 0 Å². The van der Waals surface area contributed by atoms with Crippen molar-refractivity contribution in [2.45, 2.75) is 38.5 Å². The Hall–Kier alpha value is -0.600. The summed E-state index contributed by atoms with van der Waals surface area (Å²) in [4.78, 5) is 10.9. The minimum Gasteiger partial charge on any atom is -0.462 e. The minimum atomic E-state index is -0.752. The molecule has 2 nitrogen and oxygen atoms in total. The van der Waals surface area contributed by atoms with Gasteiger partial charge in [-0.15, -0.1) is 0 Å². The molecule has 0 amide bonds. The van der Waals surface area contributed by atoms with Crippen molar-refractivity contribution < 1.29 is 13.9 Å². The van der Waals surface area contributed by atoms with E-state index in [0.29, 0.717) is 12.8 Å². The van der Waals surface area contributed by atoms with E-state index < -0.39 is 6.17 Å². The van der Waals surface area contributed by atoms with Gasteiger partial charge in [0.1, 0.15) is 12.3 Å². The summed E-state index contributed by atoms with van der Waals surface area (Å²) >= 11 is 0. The molecule has 2 fully saturated rings. The Morgan fingerprint density at radius 3 is 3.08 bits per heavy atom. The Balaban J connectivity index is 2.11. The quantitative estimate of drug-likeness (QED) is 0.562. The first-order valence-electron chi connectivity index (χ1n) is 4.56. The van der Waals surface area contributed by atoms with E-state index in [1.54, 1.807) is 0 Å². The normalized spacial score (nSPS) is 46.0. The van der Waals surface area contributed by atoms with E-state index in [1.165, 1.54) is 0 Å². The summed E-state index contributed by atoms with van der Waals surface area (Å²) in [6.07, 6.45) is 0.813. The Labute approximate surface area is 71.1 Å². The van der Waals surface area contributed by atoms with Gasteiger partial charge in [0, 0.05) is 12.3 Å². The molecular weight excluding hydrogens is 159 g/mol. The molecule has 0 N–H and O–H groups in total. The maximum Gasteiger partial charge on any atom is 0.306 e. The average Bonchev–Trinajstić information content (AvgIpc) is 2.43. The van der Waals surface area contributed by atoms with Gasteiger partial charge < -0.3 is 4.74 Å². The number of hydrogen-bond donors (Lipinski definition) is 0. The number of carbonyl (C=O) groups is 1. The predicted molar refractivity (Wildman–Crippen MR) is 41.3 cm³/mol. The second kappa shape index (κ2) is 2.71. The molecule has 4 atom stereocenters. The lowest BCUT2D eigenvalue weighted by Gasteiger charge is -2.14. The highest BCUT2D eigenvalue weighted by atomic mass is 19.1. The maximum atomic E-state index is 13.2. The van der Waals surface area contributed by atoms with Gasteiger partial charge in [-0.05, 0) is 5.92 Å². The van der Waals surface area contributed by atoms with E-state index in [-0.39, 0.29) is 23.9 Å². The smallest absolute Gasteiger partial charge is 0.306 e. The first-order valence-corrected chi connectivity index (χ1v) is 4.56. The van der Waals surface area contributed by atoms with Crippen LogP contribution in [0.15, 0.2) is 0 Å². The molecule has 0 radical (unpaired) electrons. The van der Waals surface area contributed by atoms with Gasteiger partial charge in [-0.3, -0.25) is 4.79 Å². The fourth-order valence-electron chi connectivity index (χ4n) is 2.50. The molecule has 1 aliphatic heterocycles. The molecule has 0 spiro atoms. The van der Waals surface area contributed by atoms with Gasteiger partial charge >= 0.3 is 5.97 Å². The van der Waals surface area contributed by atoms with E-state index >= 15 is 0 Å². The Bertz CT molecular complexity index is 205. The van der Waals surface area contributed by atoms with Gasteiger partial charge in [-0.1, -0.05) is 13.3 Å². The predicted octanol–water partition coefficient (Wildman–Crippen LogP) is 1.69. The van der Waals surface area contributed by atoms with Crippen LogP contribution in [0.5, 0.6) is 0 Å². The molecule has 0 bridgehead atoms. The molecule has 1 heterocycles. The molecule has 2 rings (SSSR count). The molecule has 2 aliphatic rings. The van der Waals surface area contributed by atoms with Crippen molar-refractivity contribution in [1.82, 2.24) is 0 Å². The molecule has 1 saturated heterocycles. The lowest BCUT2D eigenvalue weighted by molar-refractivity contribution is -0.141. The van der Waals surface area contributed by atoms with E-state index in [4.69, 9.17) is 4.74 Å². The van der Waals surface area contributed by atoms with Gasteiger partial charge in [0.2, 0.25) is 0 Å². The van der Waals surface area contributed by atoms with Crippen LogP contribution in [0.4, 0.5) is 4.39 Å². The zero-order chi connectivity index (χ0) is 8.72. The Kier molecular flexibility index (Phi) is 1.81. The van der Waals surface area contributed by atoms with Crippen molar-refractivity contribution >= 4 is 5.97 Å². The fraction of sp³-hybridized carbons (Fsp3) is 0.889. The maximum absolute atomic E-state index is 13.2. The van der Waals surface area contributed by atoms with E-state index in [1.807, 2.05) is 6.92 Å². The van der Waals surface area contributed by atoms with Crippen LogP contribution in [0.25, 0.3) is 0 Å². The van der Waals surface area contributed by atoms with E-state index in [0.717, 1.165) is 6.42 Å². The van der Waals surface area contributed by atoms with E-state index in [9.17, 15) is 9.18 Å². The largest absolute Gasteiger partial charge is 0.462 e. The first-order chi connectivity index (χ1) is 5.72. The van der Waals surface area contributed by atoms with Crippen molar-refractivity contribution in [1.29, 1.82) is 0 Å². The third-order valence-corrected chi connectivity index (χ3v) is 3.11. The zero-order valence-corrected chi connectivity index (χ0v) is 7.13. The molecule has 68 valence electrons. The lowest BCUT2D eigenvalue weighted by atomic mass is 9.91. The molecule has 0 aromatic rings. The summed E-state index contributed by atoms with van der Waals surface area (Å²) in [5.74, 6) is 0.0781. The summed E-state index contributed by atoms with van der Waals surface area (Å²) < 4.78 is 18.3. The van der Waals surface area contributed by atoms with Crippen LogP contribution in [0.3, 0.4) is 0 Å². The molecule has 1 aliphatic carbocycles. The van der Waals surface area contributed by atoms with Crippen molar-refractivity contribution in [3.63, 3.8) is 0 Å². The summed E-state index contributed by atoms with van der Waals surface area (Å²) in [5, 5.41) is 0. The third-order valence-electron chi connectivity index (χ3n) is 3.11. The second-order valence-corrected chi connectivity index (χ2v) is 3.72. The van der Waals surface area contributed by atoms with Crippen molar-refractivity contribution in [2.24, 2.45) is 11.8 Å². The molecule has 0 unspecified atom stereocenters. The Morgan fingerprint density at radius 2 is 2.42 bits per heavy atom. The number of alkyl halides is 1. The second-order valence-electron chi connectivity index (χ2n) is 3.72. The van der Waals surface area contributed by atoms with Gasteiger partial charge in [-0.25, -0.2) is 4.39 Å². The molecule has 1 saturated carbocycles. The summed E-state index contributed by atoms with van der Waals surface area (Å²) in [6.45, 7) is 1.97. The number of halogens is 1. The number of fused-ring (bicyclic) bond motifs is 1. The van der Waals surface area contributed by atoms with Crippen LogP contribution < -0.4 is 0 Å². The Morgan fingerprint density at radius 1 is 1.67 bits per heavy atom. The molecule has 0 aromatic carbocycles. The topological polar surface area (TPSA) is 26.3 Å². The standard InChI is InChI=1S/C9H13FO2/c1-2-5-6-3-9(11)12-8(6)4-7(5)10/h5-8H,2-4H2,1H3/t5-,6-,7-,8+/m1/s1. The SMILES string of the molecule is CC[C@@H]1[C@H]2CC(=O)O[C@H]2C[C@H]1F. The van der Waals surface area contributed by atoms with Crippen molar-refractivity contribution in [3.8, 4) is 0 Å². The minimum absolute atomic E-state index is 0.0569. The molecule has 3 heteroatoms. The van der Waals surface area contributed by atoms with E-state index in [2.05, 4.69) is 0 Å². The fourth-order valence-corrected chi connectivity index (χ4v) is 2.50. The number of hydrogen-bond acceptors (Lipinski definition) is 2. The highest BCUT2D eigenvalue weighted by Gasteiger charge is 2.49. The summed E-state index contributed by atoms with van der Waals surface area (Å²) in [7, 11) is 0. The number of ether oxygens (including phenoxy) is 1. The zero-order valence-electron chi connectivity index (χ0n) is 7.13. The first kappa shape index (κ1) is 8.02. The highest BCUT2D eigenvalue weighted by molar-refractivity contribution is 5.72. The number of rotatable bonds is 1. The van der Waals surface area contributed by atoms with Crippen molar-refractivity contribution in [2.75, 3.05) is 0 Å². The van der Waals surface area contributed by atoms with Gasteiger partial charge in [0.05, 0.1) is 6.42 Å². The van der Waals surface area contributed by atoms with Crippen LogP contribution in [0.2, 0.25) is 0 Å². The number of esters is 1.